The molecule has 2 atom stereocenters. The van der Waals surface area contributed by atoms with E-state index in [1.807, 2.05) is 79.7 Å². The molecule has 0 aromatic heterocycles. The van der Waals surface area contributed by atoms with Crippen molar-refractivity contribution in [2.75, 3.05) is 7.11 Å². The molecule has 0 radical (unpaired) electrons. The number of hydrogen-bond donors (Lipinski definition) is 2. The molecule has 5 heteroatoms. The van der Waals surface area contributed by atoms with Crippen LogP contribution in [0.15, 0.2) is 109 Å². The van der Waals surface area contributed by atoms with Crippen molar-refractivity contribution in [3.63, 3.8) is 0 Å². The smallest absolute Gasteiger partial charge is 0.328 e. The van der Waals surface area contributed by atoms with E-state index in [0.29, 0.717) is 6.42 Å². The second-order valence-electron chi connectivity index (χ2n) is 9.35. The zero-order chi connectivity index (χ0) is 25.8. The molecule has 37 heavy (non-hydrogen) atoms. The predicted molar refractivity (Wildman–Crippen MR) is 145 cm³/mol. The second kappa shape index (κ2) is 10.4. The molecule has 2 N–H and O–H groups in total. The number of benzene rings is 4. The lowest BCUT2D eigenvalue weighted by atomic mass is 9.80. The summed E-state index contributed by atoms with van der Waals surface area (Å²) < 4.78 is 5.01. The molecular weight excluding hydrogens is 460 g/mol. The van der Waals surface area contributed by atoms with Crippen LogP contribution in [0.5, 0.6) is 0 Å². The Labute approximate surface area is 217 Å². The van der Waals surface area contributed by atoms with Crippen LogP contribution in [0.25, 0.3) is 11.1 Å². The first-order chi connectivity index (χ1) is 18.0. The lowest BCUT2D eigenvalue weighted by Gasteiger charge is -2.36. The first-order valence-electron chi connectivity index (χ1n) is 12.5. The number of ether oxygens (including phenoxy) is 1. The average Bonchev–Trinajstić information content (AvgIpc) is 3.24. The Morgan fingerprint density at radius 2 is 1.27 bits per heavy atom. The van der Waals surface area contributed by atoms with Gasteiger partial charge in [0.25, 0.3) is 0 Å². The van der Waals surface area contributed by atoms with Crippen LogP contribution in [-0.4, -0.2) is 31.1 Å². The van der Waals surface area contributed by atoms with Gasteiger partial charge in [-0.2, -0.15) is 0 Å². The van der Waals surface area contributed by atoms with Crippen LogP contribution < -0.4 is 10.6 Å². The molecular formula is C32H30N2O3. The molecule has 186 valence electrons. The third-order valence-corrected chi connectivity index (χ3v) is 7.07. The van der Waals surface area contributed by atoms with Gasteiger partial charge in [-0.25, -0.2) is 4.79 Å². The molecule has 0 fully saturated rings. The van der Waals surface area contributed by atoms with Gasteiger partial charge >= 0.3 is 5.97 Å². The van der Waals surface area contributed by atoms with E-state index in [0.717, 1.165) is 33.4 Å². The van der Waals surface area contributed by atoms with Gasteiger partial charge in [0.1, 0.15) is 6.04 Å². The quantitative estimate of drug-likeness (QED) is 0.347. The van der Waals surface area contributed by atoms with Crippen LogP contribution in [0, 0.1) is 0 Å². The predicted octanol–water partition coefficient (Wildman–Crippen LogP) is 4.84. The van der Waals surface area contributed by atoms with E-state index in [2.05, 4.69) is 47.0 Å². The Balaban J connectivity index is 1.50. The third-order valence-electron chi connectivity index (χ3n) is 7.07. The third kappa shape index (κ3) is 4.54. The zero-order valence-corrected chi connectivity index (χ0v) is 21.0. The summed E-state index contributed by atoms with van der Waals surface area (Å²) in [5.74, 6) is -0.748. The summed E-state index contributed by atoms with van der Waals surface area (Å²) in [5.41, 5.74) is 5.72. The van der Waals surface area contributed by atoms with E-state index < -0.39 is 23.6 Å². The van der Waals surface area contributed by atoms with Crippen molar-refractivity contribution in [2.45, 2.75) is 31.0 Å². The van der Waals surface area contributed by atoms with Crippen molar-refractivity contribution < 1.29 is 14.3 Å². The SMILES string of the molecule is COC(=O)[C@H](Cc1ccccc1)NC(=O)[C@H](C)NC1(c2ccccc2)c2ccccc2-c2ccccc21. The maximum absolute atomic E-state index is 13.6. The number of fused-ring (bicyclic) bond motifs is 3. The molecule has 1 aliphatic rings. The monoisotopic (exact) mass is 490 g/mol. The summed E-state index contributed by atoms with van der Waals surface area (Å²) in [4.78, 5) is 26.1. The summed E-state index contributed by atoms with van der Waals surface area (Å²) in [5, 5.41) is 6.61. The summed E-state index contributed by atoms with van der Waals surface area (Å²) in [6.45, 7) is 1.83. The van der Waals surface area contributed by atoms with Crippen LogP contribution in [0.1, 0.15) is 29.2 Å². The Kier molecular flexibility index (Phi) is 6.89. The van der Waals surface area contributed by atoms with E-state index in [-0.39, 0.29) is 5.91 Å². The standard InChI is InChI=1S/C32H30N2O3/c1-22(30(35)33-29(31(36)37-2)21-23-13-5-3-6-14-23)34-32(24-15-7-4-8-16-24)27-19-11-9-17-25(27)26-18-10-12-20-28(26)32/h3-20,22,29,34H,21H2,1-2H3,(H,33,35)/t22-,29-/m0/s1. The van der Waals surface area contributed by atoms with Crippen LogP contribution in [0.2, 0.25) is 0 Å². The minimum atomic E-state index is -0.792. The molecule has 1 amide bonds. The van der Waals surface area contributed by atoms with E-state index in [4.69, 9.17) is 4.74 Å². The number of methoxy groups -OCH3 is 1. The molecule has 0 heterocycles. The van der Waals surface area contributed by atoms with Gasteiger partial charge in [0.2, 0.25) is 5.91 Å². The normalized spacial score (nSPS) is 14.6. The first kappa shape index (κ1) is 24.5. The minimum absolute atomic E-state index is 0.275. The summed E-state index contributed by atoms with van der Waals surface area (Å²) in [6.07, 6.45) is 0.349. The summed E-state index contributed by atoms with van der Waals surface area (Å²) in [7, 11) is 1.34. The number of nitrogens with one attached hydrogen (secondary N) is 2. The summed E-state index contributed by atoms with van der Waals surface area (Å²) in [6, 6.07) is 35.0. The molecule has 0 saturated carbocycles. The van der Waals surface area contributed by atoms with Crippen molar-refractivity contribution in [2.24, 2.45) is 0 Å². The fraction of sp³-hybridized carbons (Fsp3) is 0.188. The van der Waals surface area contributed by atoms with Gasteiger partial charge in [-0.1, -0.05) is 109 Å². The highest BCUT2D eigenvalue weighted by atomic mass is 16.5. The molecule has 1 aliphatic carbocycles. The highest BCUT2D eigenvalue weighted by molar-refractivity contribution is 5.89. The van der Waals surface area contributed by atoms with Gasteiger partial charge in [-0.3, -0.25) is 10.1 Å². The number of esters is 1. The van der Waals surface area contributed by atoms with Gasteiger partial charge in [0.15, 0.2) is 0 Å². The van der Waals surface area contributed by atoms with Gasteiger partial charge < -0.3 is 10.1 Å². The maximum Gasteiger partial charge on any atom is 0.328 e. The topological polar surface area (TPSA) is 67.4 Å². The maximum atomic E-state index is 13.6. The minimum Gasteiger partial charge on any atom is -0.467 e. The number of rotatable bonds is 8. The number of carbonyl (C=O) groups is 2. The average molecular weight is 491 g/mol. The van der Waals surface area contributed by atoms with Crippen LogP contribution in [-0.2, 0) is 26.3 Å². The molecule has 0 spiro atoms. The molecule has 5 rings (SSSR count). The van der Waals surface area contributed by atoms with Crippen molar-refractivity contribution in [3.8, 4) is 11.1 Å². The van der Waals surface area contributed by atoms with Crippen molar-refractivity contribution in [3.05, 3.63) is 131 Å². The highest BCUT2D eigenvalue weighted by Gasteiger charge is 2.46. The molecule has 5 nitrogen and oxygen atoms in total. The molecule has 4 aromatic carbocycles. The molecule has 0 bridgehead atoms. The Morgan fingerprint density at radius 1 is 0.757 bits per heavy atom. The van der Waals surface area contributed by atoms with Gasteiger partial charge in [-0.15, -0.1) is 0 Å². The number of amides is 1. The molecule has 0 aliphatic heterocycles. The van der Waals surface area contributed by atoms with Crippen LogP contribution >= 0.6 is 0 Å². The van der Waals surface area contributed by atoms with E-state index in [1.54, 1.807) is 0 Å². The van der Waals surface area contributed by atoms with Gasteiger partial charge in [-0.05, 0) is 40.3 Å². The van der Waals surface area contributed by atoms with Crippen molar-refractivity contribution in [1.29, 1.82) is 0 Å². The molecule has 0 unspecified atom stereocenters. The Hall–Kier alpha value is -4.22. The van der Waals surface area contributed by atoms with Gasteiger partial charge in [0.05, 0.1) is 18.7 Å². The highest BCUT2D eigenvalue weighted by Crippen LogP contribution is 2.50. The fourth-order valence-corrected chi connectivity index (χ4v) is 5.35. The number of hydrogen-bond acceptors (Lipinski definition) is 4. The zero-order valence-electron chi connectivity index (χ0n) is 21.0. The lowest BCUT2D eigenvalue weighted by Crippen LogP contribution is -2.55. The Bertz CT molecular complexity index is 1360. The Morgan fingerprint density at radius 3 is 1.84 bits per heavy atom. The first-order valence-corrected chi connectivity index (χ1v) is 12.5. The van der Waals surface area contributed by atoms with Crippen LogP contribution in [0.4, 0.5) is 0 Å². The second-order valence-corrected chi connectivity index (χ2v) is 9.35. The van der Waals surface area contributed by atoms with E-state index in [1.165, 1.54) is 7.11 Å². The van der Waals surface area contributed by atoms with E-state index >= 15 is 0 Å². The van der Waals surface area contributed by atoms with Crippen LogP contribution in [0.3, 0.4) is 0 Å². The largest absolute Gasteiger partial charge is 0.467 e. The summed E-state index contributed by atoms with van der Waals surface area (Å²) >= 11 is 0. The fourth-order valence-electron chi connectivity index (χ4n) is 5.35. The lowest BCUT2D eigenvalue weighted by molar-refractivity contribution is -0.145. The molecule has 4 aromatic rings. The van der Waals surface area contributed by atoms with Gasteiger partial charge in [0, 0.05) is 6.42 Å². The number of carbonyl (C=O) groups excluding carboxylic acids is 2. The van der Waals surface area contributed by atoms with Crippen molar-refractivity contribution >= 4 is 11.9 Å². The van der Waals surface area contributed by atoms with Crippen molar-refractivity contribution in [1.82, 2.24) is 10.6 Å². The molecule has 0 saturated heterocycles. The van der Waals surface area contributed by atoms with E-state index in [9.17, 15) is 9.59 Å².